The summed E-state index contributed by atoms with van der Waals surface area (Å²) in [5.74, 6) is 0.187. The van der Waals surface area contributed by atoms with Gasteiger partial charge in [-0.1, -0.05) is 20.8 Å². The Bertz CT molecular complexity index is 750. The number of aromatic nitrogens is 2. The number of nitrogens with zero attached hydrogens (tertiary/aromatic N) is 2. The summed E-state index contributed by atoms with van der Waals surface area (Å²) in [7, 11) is 0. The second kappa shape index (κ2) is 6.02. The van der Waals surface area contributed by atoms with Gasteiger partial charge in [0.05, 0.1) is 5.56 Å². The molecule has 0 unspecified atom stereocenters. The van der Waals surface area contributed by atoms with E-state index in [1.807, 2.05) is 26.8 Å². The fraction of sp³-hybridized carbons (Fsp3) is 0.471. The summed E-state index contributed by atoms with van der Waals surface area (Å²) in [6.07, 6.45) is 4.00. The lowest BCUT2D eigenvalue weighted by Crippen LogP contribution is -2.50. The molecular weight excluding hydrogens is 292 g/mol. The van der Waals surface area contributed by atoms with Gasteiger partial charge in [0, 0.05) is 30.9 Å². The average Bonchev–Trinajstić information content (AvgIpc) is 2.96. The molecule has 0 bridgehead atoms. The molecule has 1 aliphatic rings. The Kier molecular flexibility index (Phi) is 4.07. The monoisotopic (exact) mass is 314 g/mol. The molecule has 1 atom stereocenters. The zero-order chi connectivity index (χ0) is 16.6. The van der Waals surface area contributed by atoms with E-state index in [9.17, 15) is 9.59 Å². The van der Waals surface area contributed by atoms with Gasteiger partial charge < -0.3 is 15.2 Å². The van der Waals surface area contributed by atoms with Gasteiger partial charge in [0.1, 0.15) is 11.7 Å². The van der Waals surface area contributed by atoms with Gasteiger partial charge in [-0.15, -0.1) is 0 Å². The molecule has 3 heterocycles. The van der Waals surface area contributed by atoms with Crippen LogP contribution in [-0.2, 0) is 11.3 Å². The van der Waals surface area contributed by atoms with Crippen molar-refractivity contribution in [2.45, 2.75) is 39.8 Å². The van der Waals surface area contributed by atoms with Crippen LogP contribution in [0.3, 0.4) is 0 Å². The third kappa shape index (κ3) is 2.69. The van der Waals surface area contributed by atoms with Crippen molar-refractivity contribution in [3.05, 3.63) is 29.6 Å². The highest BCUT2D eigenvalue weighted by atomic mass is 16.2. The number of pyridine rings is 1. The standard InChI is InChI=1S/C17H22N4O2/c1-4-13(16(22)20-7-10(2)3)21-9-11-5-6-18-15-14(11)12(8-19-15)17(21)23/h5-6,8,10,13H,4,7,9H2,1-3H3,(H,18,19)(H,20,22)/t13-/m1/s1. The van der Waals surface area contributed by atoms with E-state index in [2.05, 4.69) is 15.3 Å². The maximum Gasteiger partial charge on any atom is 0.257 e. The third-order valence-electron chi connectivity index (χ3n) is 4.24. The van der Waals surface area contributed by atoms with Crippen LogP contribution in [0.2, 0.25) is 0 Å². The Morgan fingerprint density at radius 2 is 2.26 bits per heavy atom. The summed E-state index contributed by atoms with van der Waals surface area (Å²) in [5, 5.41) is 3.82. The number of rotatable bonds is 5. The van der Waals surface area contributed by atoms with Crippen LogP contribution < -0.4 is 5.32 Å². The van der Waals surface area contributed by atoms with Gasteiger partial charge in [-0.05, 0) is 24.0 Å². The zero-order valence-corrected chi connectivity index (χ0v) is 13.7. The van der Waals surface area contributed by atoms with Gasteiger partial charge in [0.15, 0.2) is 0 Å². The highest BCUT2D eigenvalue weighted by Crippen LogP contribution is 2.30. The van der Waals surface area contributed by atoms with E-state index in [0.29, 0.717) is 31.0 Å². The van der Waals surface area contributed by atoms with Crippen molar-refractivity contribution in [1.29, 1.82) is 0 Å². The smallest absolute Gasteiger partial charge is 0.257 e. The minimum atomic E-state index is -0.451. The van der Waals surface area contributed by atoms with Crippen molar-refractivity contribution in [3.63, 3.8) is 0 Å². The van der Waals surface area contributed by atoms with Crippen LogP contribution in [0, 0.1) is 5.92 Å². The largest absolute Gasteiger partial charge is 0.354 e. The Balaban J connectivity index is 1.89. The second-order valence-corrected chi connectivity index (χ2v) is 6.39. The number of H-pyrrole nitrogens is 1. The van der Waals surface area contributed by atoms with E-state index >= 15 is 0 Å². The molecule has 2 aromatic rings. The molecule has 0 saturated carbocycles. The highest BCUT2D eigenvalue weighted by Gasteiger charge is 2.34. The molecule has 0 saturated heterocycles. The molecule has 0 radical (unpaired) electrons. The number of hydrogen-bond acceptors (Lipinski definition) is 3. The molecule has 23 heavy (non-hydrogen) atoms. The predicted octanol–water partition coefficient (Wildman–Crippen LogP) is 2.07. The fourth-order valence-electron chi connectivity index (χ4n) is 3.06. The van der Waals surface area contributed by atoms with Crippen LogP contribution in [0.25, 0.3) is 11.0 Å². The minimum absolute atomic E-state index is 0.0844. The van der Waals surface area contributed by atoms with Gasteiger partial charge >= 0.3 is 0 Å². The molecule has 3 rings (SSSR count). The van der Waals surface area contributed by atoms with E-state index < -0.39 is 6.04 Å². The number of hydrogen-bond donors (Lipinski definition) is 2. The van der Waals surface area contributed by atoms with Crippen LogP contribution in [0.1, 0.15) is 43.1 Å². The maximum atomic E-state index is 12.8. The van der Waals surface area contributed by atoms with Crippen LogP contribution >= 0.6 is 0 Å². The number of nitrogens with one attached hydrogen (secondary N) is 2. The maximum absolute atomic E-state index is 12.8. The summed E-state index contributed by atoms with van der Waals surface area (Å²) < 4.78 is 0. The average molecular weight is 314 g/mol. The third-order valence-corrected chi connectivity index (χ3v) is 4.24. The number of amides is 2. The van der Waals surface area contributed by atoms with Gasteiger partial charge in [-0.2, -0.15) is 0 Å². The molecule has 0 aromatic carbocycles. The topological polar surface area (TPSA) is 78.1 Å². The predicted molar refractivity (Wildman–Crippen MR) is 87.9 cm³/mol. The van der Waals surface area contributed by atoms with Gasteiger partial charge in [-0.3, -0.25) is 9.59 Å². The van der Waals surface area contributed by atoms with Crippen molar-refractivity contribution in [2.24, 2.45) is 5.92 Å². The molecule has 0 fully saturated rings. The summed E-state index contributed by atoms with van der Waals surface area (Å²) in [6.45, 7) is 7.09. The van der Waals surface area contributed by atoms with Gasteiger partial charge in [0.2, 0.25) is 5.91 Å². The minimum Gasteiger partial charge on any atom is -0.354 e. The molecule has 2 N–H and O–H groups in total. The van der Waals surface area contributed by atoms with Crippen molar-refractivity contribution < 1.29 is 9.59 Å². The van der Waals surface area contributed by atoms with E-state index in [4.69, 9.17) is 0 Å². The lowest BCUT2D eigenvalue weighted by molar-refractivity contribution is -0.126. The highest BCUT2D eigenvalue weighted by molar-refractivity contribution is 6.10. The van der Waals surface area contributed by atoms with E-state index in [0.717, 1.165) is 16.6 Å². The van der Waals surface area contributed by atoms with Crippen LogP contribution in [0.15, 0.2) is 18.5 Å². The Labute approximate surface area is 135 Å². The normalized spacial score (nSPS) is 15.3. The summed E-state index contributed by atoms with van der Waals surface area (Å²) in [5.41, 5.74) is 2.35. The van der Waals surface area contributed by atoms with Crippen LogP contribution in [-0.4, -0.2) is 39.3 Å². The van der Waals surface area contributed by atoms with Gasteiger partial charge in [-0.25, -0.2) is 4.98 Å². The molecular formula is C17H22N4O2. The number of aromatic amines is 1. The summed E-state index contributed by atoms with van der Waals surface area (Å²) >= 11 is 0. The fourth-order valence-corrected chi connectivity index (χ4v) is 3.06. The van der Waals surface area contributed by atoms with Crippen LogP contribution in [0.4, 0.5) is 0 Å². The Morgan fingerprint density at radius 1 is 1.48 bits per heavy atom. The van der Waals surface area contributed by atoms with Crippen molar-refractivity contribution in [3.8, 4) is 0 Å². The Hall–Kier alpha value is -2.37. The van der Waals surface area contributed by atoms with E-state index in [1.165, 1.54) is 0 Å². The Morgan fingerprint density at radius 3 is 2.96 bits per heavy atom. The molecule has 0 aliphatic carbocycles. The summed E-state index contributed by atoms with van der Waals surface area (Å²) in [4.78, 5) is 34.2. The quantitative estimate of drug-likeness (QED) is 0.887. The lowest BCUT2D eigenvalue weighted by atomic mass is 10.00. The van der Waals surface area contributed by atoms with Crippen molar-refractivity contribution in [2.75, 3.05) is 6.54 Å². The first kappa shape index (κ1) is 15.5. The molecule has 6 heteroatoms. The molecule has 0 spiro atoms. The van der Waals surface area contributed by atoms with Crippen LogP contribution in [0.5, 0.6) is 0 Å². The van der Waals surface area contributed by atoms with Crippen molar-refractivity contribution >= 4 is 22.8 Å². The SMILES string of the molecule is CC[C@H](C(=O)NCC(C)C)N1Cc2ccnc3[nH]cc(c23)C1=O. The second-order valence-electron chi connectivity index (χ2n) is 6.39. The molecule has 122 valence electrons. The first-order valence-electron chi connectivity index (χ1n) is 8.06. The van der Waals surface area contributed by atoms with E-state index in [1.54, 1.807) is 17.3 Å². The molecule has 6 nitrogen and oxygen atoms in total. The first-order chi connectivity index (χ1) is 11.0. The first-order valence-corrected chi connectivity index (χ1v) is 8.06. The molecule has 1 aliphatic heterocycles. The summed E-state index contributed by atoms with van der Waals surface area (Å²) in [6, 6.07) is 1.46. The number of carbonyl (C=O) groups excluding carboxylic acids is 2. The lowest BCUT2D eigenvalue weighted by Gasteiger charge is -2.33. The van der Waals surface area contributed by atoms with Gasteiger partial charge in [0.25, 0.3) is 5.91 Å². The van der Waals surface area contributed by atoms with E-state index in [-0.39, 0.29) is 11.8 Å². The molecule has 2 amide bonds. The molecule has 2 aromatic heterocycles. The van der Waals surface area contributed by atoms with Crippen molar-refractivity contribution in [1.82, 2.24) is 20.2 Å². The number of carbonyl (C=O) groups is 2. The zero-order valence-electron chi connectivity index (χ0n) is 13.7.